The van der Waals surface area contributed by atoms with E-state index in [1.165, 1.54) is 6.33 Å². The largest absolute Gasteiger partial charge is 0.400 e. The third kappa shape index (κ3) is 1.55. The summed E-state index contributed by atoms with van der Waals surface area (Å²) in [6.07, 6.45) is 1.41. The van der Waals surface area contributed by atoms with Gasteiger partial charge < -0.3 is 10.8 Å². The Hall–Kier alpha value is -1.57. The van der Waals surface area contributed by atoms with Crippen molar-refractivity contribution in [1.29, 1.82) is 0 Å². The summed E-state index contributed by atoms with van der Waals surface area (Å²) in [5, 5.41) is 12.3. The van der Waals surface area contributed by atoms with Crippen molar-refractivity contribution in [3.63, 3.8) is 0 Å². The minimum Gasteiger partial charge on any atom is -0.390 e. The Kier molecular flexibility index (Phi) is 2.35. The van der Waals surface area contributed by atoms with E-state index in [-0.39, 0.29) is 6.61 Å². The minimum atomic E-state index is 0.115. The lowest BCUT2D eigenvalue weighted by Gasteiger charge is -1.93. The molecule has 0 amide bonds. The molecule has 0 fully saturated rings. The number of nitrogens with two attached hydrogens (primary N) is 3. The van der Waals surface area contributed by atoms with Crippen molar-refractivity contribution in [3.05, 3.63) is 6.33 Å². The predicted octanol–water partition coefficient (Wildman–Crippen LogP) is -3.19. The van der Waals surface area contributed by atoms with Gasteiger partial charge in [0, 0.05) is 0 Å². The molecule has 0 atom stereocenters. The summed E-state index contributed by atoms with van der Waals surface area (Å²) in [5.74, 6) is 1.90. The monoisotopic (exact) mass is 196 g/mol. The van der Waals surface area contributed by atoms with E-state index in [4.69, 9.17) is 10.8 Å². The van der Waals surface area contributed by atoms with E-state index in [9.17, 15) is 0 Å². The molecule has 7 N–H and O–H groups in total. The van der Waals surface area contributed by atoms with Crippen molar-refractivity contribution in [2.45, 2.75) is 0 Å². The SMILES string of the molecule is Nc1ncnc2c1N=C([NH2+]CCO)[NH2+]2. The zero-order chi connectivity index (χ0) is 9.97. The second kappa shape index (κ2) is 3.66. The van der Waals surface area contributed by atoms with E-state index in [0.29, 0.717) is 18.1 Å². The Morgan fingerprint density at radius 1 is 1.50 bits per heavy atom. The van der Waals surface area contributed by atoms with Crippen LogP contribution in [0.25, 0.3) is 0 Å². The summed E-state index contributed by atoms with van der Waals surface area (Å²) >= 11 is 0. The van der Waals surface area contributed by atoms with Gasteiger partial charge in [-0.05, 0) is 0 Å². The zero-order valence-corrected chi connectivity index (χ0v) is 7.51. The molecule has 0 aliphatic carbocycles. The molecule has 0 saturated carbocycles. The molecule has 7 nitrogen and oxygen atoms in total. The van der Waals surface area contributed by atoms with Crippen molar-refractivity contribution in [2.75, 3.05) is 18.9 Å². The molecule has 2 rings (SSSR count). The number of quaternary nitrogens is 2. The van der Waals surface area contributed by atoms with Crippen molar-refractivity contribution < 1.29 is 15.7 Å². The Bertz CT molecular complexity index is 376. The number of aliphatic hydroxyl groups excluding tert-OH is 1. The fourth-order valence-electron chi connectivity index (χ4n) is 1.25. The standard InChI is InChI=1S/C7H10N6O/c8-5-4-6(11-3-10-5)13-7(12-4)9-1-2-14/h3,14H,1-2H2,(H4,8,9,10,11,12,13)/p+2. The highest BCUT2D eigenvalue weighted by atomic mass is 16.3. The van der Waals surface area contributed by atoms with E-state index < -0.39 is 0 Å². The van der Waals surface area contributed by atoms with Gasteiger partial charge in [0.2, 0.25) is 0 Å². The van der Waals surface area contributed by atoms with Crippen LogP contribution in [0.4, 0.5) is 17.3 Å². The highest BCUT2D eigenvalue weighted by molar-refractivity contribution is 5.80. The molecule has 1 aromatic heterocycles. The maximum Gasteiger partial charge on any atom is 0.400 e. The Labute approximate surface area is 80.1 Å². The average Bonchev–Trinajstić information content (AvgIpc) is 2.59. The first kappa shape index (κ1) is 9.00. The first-order chi connectivity index (χ1) is 6.81. The van der Waals surface area contributed by atoms with Crippen LogP contribution in [-0.4, -0.2) is 34.2 Å². The lowest BCUT2D eigenvalue weighted by Crippen LogP contribution is -3.07. The van der Waals surface area contributed by atoms with Crippen LogP contribution in [0.2, 0.25) is 0 Å². The van der Waals surface area contributed by atoms with Crippen molar-refractivity contribution in [1.82, 2.24) is 9.97 Å². The summed E-state index contributed by atoms with van der Waals surface area (Å²) in [6.45, 7) is 0.695. The zero-order valence-electron chi connectivity index (χ0n) is 7.51. The number of aliphatic hydroxyl groups is 1. The van der Waals surface area contributed by atoms with Gasteiger partial charge in [0.1, 0.15) is 12.9 Å². The van der Waals surface area contributed by atoms with E-state index in [1.807, 2.05) is 10.6 Å². The van der Waals surface area contributed by atoms with E-state index in [2.05, 4.69) is 15.0 Å². The van der Waals surface area contributed by atoms with E-state index in [1.54, 1.807) is 0 Å². The van der Waals surface area contributed by atoms with Crippen molar-refractivity contribution in [3.8, 4) is 0 Å². The average molecular weight is 196 g/mol. The maximum absolute atomic E-state index is 8.65. The van der Waals surface area contributed by atoms with Crippen LogP contribution in [0.3, 0.4) is 0 Å². The number of aliphatic imine (C=N–C) groups is 1. The number of fused-ring (bicyclic) bond motifs is 1. The first-order valence-electron chi connectivity index (χ1n) is 4.29. The lowest BCUT2D eigenvalue weighted by molar-refractivity contribution is -0.648. The number of rotatable bonds is 2. The van der Waals surface area contributed by atoms with Crippen LogP contribution >= 0.6 is 0 Å². The molecule has 1 aliphatic rings. The molecule has 0 spiro atoms. The van der Waals surface area contributed by atoms with Crippen LogP contribution in [0.15, 0.2) is 11.3 Å². The van der Waals surface area contributed by atoms with Crippen LogP contribution in [0, 0.1) is 0 Å². The van der Waals surface area contributed by atoms with Crippen LogP contribution in [0.1, 0.15) is 0 Å². The van der Waals surface area contributed by atoms with Gasteiger partial charge in [-0.2, -0.15) is 10.3 Å². The molecule has 14 heavy (non-hydrogen) atoms. The minimum absolute atomic E-state index is 0.115. The number of nitrogen functional groups attached to an aromatic ring is 1. The molecule has 0 saturated heterocycles. The Balaban J connectivity index is 2.17. The molecule has 1 aliphatic heterocycles. The van der Waals surface area contributed by atoms with Crippen LogP contribution in [-0.2, 0) is 0 Å². The highest BCUT2D eigenvalue weighted by Gasteiger charge is 2.26. The van der Waals surface area contributed by atoms with Gasteiger partial charge in [-0.25, -0.2) is 10.3 Å². The van der Waals surface area contributed by atoms with Gasteiger partial charge in [-0.1, -0.05) is 0 Å². The summed E-state index contributed by atoms with van der Waals surface area (Å²) in [4.78, 5) is 12.1. The molecule has 0 bridgehead atoms. The van der Waals surface area contributed by atoms with Gasteiger partial charge in [0.25, 0.3) is 5.82 Å². The quantitative estimate of drug-likeness (QED) is 0.398. The van der Waals surface area contributed by atoms with Crippen molar-refractivity contribution >= 4 is 23.3 Å². The molecule has 0 unspecified atom stereocenters. The number of hydrogen-bond donors (Lipinski definition) is 4. The van der Waals surface area contributed by atoms with E-state index in [0.717, 1.165) is 11.8 Å². The number of anilines is 1. The number of hydrogen-bond acceptors (Lipinski definition) is 5. The molecular weight excluding hydrogens is 184 g/mol. The van der Waals surface area contributed by atoms with Gasteiger partial charge >= 0.3 is 5.96 Å². The molecule has 1 aromatic rings. The van der Waals surface area contributed by atoms with Gasteiger partial charge in [0.05, 0.1) is 6.61 Å². The van der Waals surface area contributed by atoms with Gasteiger partial charge in [-0.3, -0.25) is 0 Å². The summed E-state index contributed by atoms with van der Waals surface area (Å²) in [5.41, 5.74) is 6.24. The first-order valence-corrected chi connectivity index (χ1v) is 4.29. The molecule has 0 radical (unpaired) electrons. The third-order valence-electron chi connectivity index (χ3n) is 1.89. The molecule has 74 valence electrons. The van der Waals surface area contributed by atoms with Crippen LogP contribution in [0.5, 0.6) is 0 Å². The molecular formula is C7H12N6O+2. The van der Waals surface area contributed by atoms with Crippen molar-refractivity contribution in [2.24, 2.45) is 4.99 Å². The number of nitrogens with zero attached hydrogens (tertiary/aromatic N) is 3. The maximum atomic E-state index is 8.65. The van der Waals surface area contributed by atoms with Crippen LogP contribution < -0.4 is 16.4 Å². The lowest BCUT2D eigenvalue weighted by atomic mass is 10.4. The molecule has 2 heterocycles. The van der Waals surface area contributed by atoms with Gasteiger partial charge in [0.15, 0.2) is 11.5 Å². The second-order valence-electron chi connectivity index (χ2n) is 2.89. The number of aromatic nitrogens is 2. The molecule has 0 aromatic carbocycles. The third-order valence-corrected chi connectivity index (χ3v) is 1.89. The van der Waals surface area contributed by atoms with Gasteiger partial charge in [-0.15, -0.1) is 4.99 Å². The summed E-state index contributed by atoms with van der Waals surface area (Å²) in [7, 11) is 0. The predicted molar refractivity (Wildman–Crippen MR) is 49.0 cm³/mol. The normalized spacial score (nSPS) is 13.9. The van der Waals surface area contributed by atoms with E-state index >= 15 is 0 Å². The molecule has 7 heteroatoms. The topological polar surface area (TPSA) is 118 Å². The second-order valence-corrected chi connectivity index (χ2v) is 2.89. The fourth-order valence-corrected chi connectivity index (χ4v) is 1.25. The summed E-state index contributed by atoms with van der Waals surface area (Å²) in [6, 6.07) is 0. The Morgan fingerprint density at radius 3 is 3.07 bits per heavy atom. The Morgan fingerprint density at radius 2 is 2.36 bits per heavy atom. The summed E-state index contributed by atoms with van der Waals surface area (Å²) < 4.78 is 0. The smallest absolute Gasteiger partial charge is 0.390 e. The fraction of sp³-hybridized carbons (Fsp3) is 0.286. The number of guanidine groups is 1. The highest BCUT2D eigenvalue weighted by Crippen LogP contribution is 2.25.